The Morgan fingerprint density at radius 3 is 3.11 bits per heavy atom. The van der Waals surface area contributed by atoms with Crippen LogP contribution in [0, 0.1) is 0 Å². The Morgan fingerprint density at radius 2 is 2.26 bits per heavy atom. The van der Waals surface area contributed by atoms with Gasteiger partial charge >= 0.3 is 0 Å². The van der Waals surface area contributed by atoms with Crippen LogP contribution in [0.5, 0.6) is 0 Å². The van der Waals surface area contributed by atoms with E-state index >= 15 is 0 Å². The lowest BCUT2D eigenvalue weighted by atomic mass is 9.93. The van der Waals surface area contributed by atoms with E-state index in [1.54, 1.807) is 6.07 Å². The minimum Gasteiger partial charge on any atom is -0.349 e. The van der Waals surface area contributed by atoms with E-state index in [-0.39, 0.29) is 11.9 Å². The molecule has 1 aromatic carbocycles. The van der Waals surface area contributed by atoms with Crippen molar-refractivity contribution >= 4 is 18.5 Å². The summed E-state index contributed by atoms with van der Waals surface area (Å²) in [6.07, 6.45) is 4.60. The lowest BCUT2D eigenvalue weighted by Gasteiger charge is -2.23. The number of aromatic amines is 1. The standard InChI is InChI=1S/C14H15N3OS/c18-14(11-3-1-2-4-13(11)19)16-10-6-5-9-8-15-17-12(9)7-10/h1-4,8,10,19H,5-7H2,(H,15,17)(H,16,18). The first-order chi connectivity index (χ1) is 9.24. The first-order valence-corrected chi connectivity index (χ1v) is 6.79. The van der Waals surface area contributed by atoms with Gasteiger partial charge in [0.05, 0.1) is 11.8 Å². The van der Waals surface area contributed by atoms with Crippen LogP contribution in [0.1, 0.15) is 28.0 Å². The summed E-state index contributed by atoms with van der Waals surface area (Å²) in [6.45, 7) is 0. The maximum atomic E-state index is 12.2. The number of thiol groups is 1. The number of fused-ring (bicyclic) bond motifs is 1. The fourth-order valence-corrected chi connectivity index (χ4v) is 2.72. The number of nitrogens with zero attached hydrogens (tertiary/aromatic N) is 1. The summed E-state index contributed by atoms with van der Waals surface area (Å²) in [6, 6.07) is 7.50. The second-order valence-electron chi connectivity index (χ2n) is 4.80. The van der Waals surface area contributed by atoms with Gasteiger partial charge in [0.2, 0.25) is 0 Å². The number of H-pyrrole nitrogens is 1. The van der Waals surface area contributed by atoms with Gasteiger partial charge in [0.25, 0.3) is 5.91 Å². The maximum Gasteiger partial charge on any atom is 0.252 e. The van der Waals surface area contributed by atoms with Crippen molar-refractivity contribution in [2.75, 3.05) is 0 Å². The van der Waals surface area contributed by atoms with E-state index < -0.39 is 0 Å². The minimum absolute atomic E-state index is 0.0569. The summed E-state index contributed by atoms with van der Waals surface area (Å²) in [5, 5.41) is 10.1. The third-order valence-corrected chi connectivity index (χ3v) is 3.89. The van der Waals surface area contributed by atoms with Gasteiger partial charge in [0, 0.05) is 23.1 Å². The first-order valence-electron chi connectivity index (χ1n) is 6.34. The highest BCUT2D eigenvalue weighted by molar-refractivity contribution is 7.80. The van der Waals surface area contributed by atoms with Crippen molar-refractivity contribution in [1.29, 1.82) is 0 Å². The number of benzene rings is 1. The van der Waals surface area contributed by atoms with Gasteiger partial charge in [-0.3, -0.25) is 9.89 Å². The van der Waals surface area contributed by atoms with E-state index in [0.29, 0.717) is 10.5 Å². The zero-order chi connectivity index (χ0) is 13.2. The SMILES string of the molecule is O=C(NC1CCc2cn[nH]c2C1)c1ccccc1S. The zero-order valence-electron chi connectivity index (χ0n) is 10.4. The average Bonchev–Trinajstić information content (AvgIpc) is 2.86. The third kappa shape index (κ3) is 2.51. The molecule has 0 saturated heterocycles. The van der Waals surface area contributed by atoms with Gasteiger partial charge in [-0.2, -0.15) is 5.10 Å². The fraction of sp³-hybridized carbons (Fsp3) is 0.286. The number of carbonyl (C=O) groups is 1. The Labute approximate surface area is 117 Å². The van der Waals surface area contributed by atoms with Gasteiger partial charge in [-0.1, -0.05) is 12.1 Å². The minimum atomic E-state index is -0.0569. The largest absolute Gasteiger partial charge is 0.349 e. The van der Waals surface area contributed by atoms with Gasteiger partial charge in [-0.25, -0.2) is 0 Å². The molecule has 5 heteroatoms. The molecule has 1 aromatic heterocycles. The zero-order valence-corrected chi connectivity index (χ0v) is 11.3. The second-order valence-corrected chi connectivity index (χ2v) is 5.29. The van der Waals surface area contributed by atoms with E-state index in [9.17, 15) is 4.79 Å². The molecule has 1 aliphatic carbocycles. The van der Waals surface area contributed by atoms with Crippen LogP contribution in [0.25, 0.3) is 0 Å². The van der Waals surface area contributed by atoms with Crippen molar-refractivity contribution in [3.8, 4) is 0 Å². The van der Waals surface area contributed by atoms with Crippen LogP contribution in [0.4, 0.5) is 0 Å². The summed E-state index contributed by atoms with van der Waals surface area (Å²) in [4.78, 5) is 12.9. The normalized spacial score (nSPS) is 17.8. The van der Waals surface area contributed by atoms with Crippen LogP contribution >= 0.6 is 12.6 Å². The molecule has 0 aliphatic heterocycles. The highest BCUT2D eigenvalue weighted by Gasteiger charge is 2.22. The fourth-order valence-electron chi connectivity index (χ4n) is 2.46. The Morgan fingerprint density at radius 1 is 1.42 bits per heavy atom. The third-order valence-electron chi connectivity index (χ3n) is 3.50. The van der Waals surface area contributed by atoms with Crippen LogP contribution < -0.4 is 5.32 Å². The Kier molecular flexibility index (Phi) is 3.29. The molecule has 2 N–H and O–H groups in total. The van der Waals surface area contributed by atoms with E-state index in [1.807, 2.05) is 24.4 Å². The summed E-state index contributed by atoms with van der Waals surface area (Å²) >= 11 is 4.31. The van der Waals surface area contributed by atoms with Gasteiger partial charge < -0.3 is 5.32 Å². The van der Waals surface area contributed by atoms with Gasteiger partial charge in [-0.15, -0.1) is 12.6 Å². The quantitative estimate of drug-likeness (QED) is 0.733. The molecule has 1 unspecified atom stereocenters. The molecule has 0 fully saturated rings. The molecule has 98 valence electrons. The van der Waals surface area contributed by atoms with Crippen LogP contribution in [0.3, 0.4) is 0 Å². The molecule has 1 aliphatic rings. The summed E-state index contributed by atoms with van der Waals surface area (Å²) in [7, 11) is 0. The number of hydrogen-bond donors (Lipinski definition) is 3. The Bertz CT molecular complexity index is 608. The van der Waals surface area contributed by atoms with E-state index in [1.165, 1.54) is 5.56 Å². The molecular formula is C14H15N3OS. The topological polar surface area (TPSA) is 57.8 Å². The van der Waals surface area contributed by atoms with Crippen molar-refractivity contribution < 1.29 is 4.79 Å². The van der Waals surface area contributed by atoms with Crippen LogP contribution in [0.15, 0.2) is 35.4 Å². The summed E-state index contributed by atoms with van der Waals surface area (Å²) in [5.41, 5.74) is 3.03. The van der Waals surface area contributed by atoms with Crippen molar-refractivity contribution in [2.24, 2.45) is 0 Å². The summed E-state index contributed by atoms with van der Waals surface area (Å²) in [5.74, 6) is -0.0569. The predicted molar refractivity (Wildman–Crippen MR) is 75.6 cm³/mol. The molecule has 1 amide bonds. The molecule has 0 saturated carbocycles. The smallest absolute Gasteiger partial charge is 0.252 e. The second kappa shape index (κ2) is 5.09. The lowest BCUT2D eigenvalue weighted by Crippen LogP contribution is -2.38. The molecule has 0 spiro atoms. The highest BCUT2D eigenvalue weighted by Crippen LogP contribution is 2.20. The maximum absolute atomic E-state index is 12.2. The van der Waals surface area contributed by atoms with Crippen LogP contribution in [-0.4, -0.2) is 22.1 Å². The number of aryl methyl sites for hydroxylation is 1. The molecular weight excluding hydrogens is 258 g/mol. The molecule has 2 aromatic rings. The van der Waals surface area contributed by atoms with E-state index in [2.05, 4.69) is 28.1 Å². The number of amides is 1. The van der Waals surface area contributed by atoms with Crippen molar-refractivity contribution in [3.63, 3.8) is 0 Å². The molecule has 19 heavy (non-hydrogen) atoms. The average molecular weight is 273 g/mol. The van der Waals surface area contributed by atoms with Gasteiger partial charge in [-0.05, 0) is 30.5 Å². The number of nitrogens with one attached hydrogen (secondary N) is 2. The van der Waals surface area contributed by atoms with Crippen molar-refractivity contribution in [2.45, 2.75) is 30.2 Å². The predicted octanol–water partition coefficient (Wildman–Crippen LogP) is 1.99. The van der Waals surface area contributed by atoms with Crippen molar-refractivity contribution in [1.82, 2.24) is 15.5 Å². The molecule has 4 nitrogen and oxygen atoms in total. The molecule has 3 rings (SSSR count). The number of carbonyl (C=O) groups excluding carboxylic acids is 1. The molecule has 0 bridgehead atoms. The van der Waals surface area contributed by atoms with Crippen molar-refractivity contribution in [3.05, 3.63) is 47.3 Å². The Balaban J connectivity index is 1.70. The summed E-state index contributed by atoms with van der Waals surface area (Å²) < 4.78 is 0. The number of rotatable bonds is 2. The van der Waals surface area contributed by atoms with Gasteiger partial charge in [0.15, 0.2) is 0 Å². The Hall–Kier alpha value is -1.75. The number of hydrogen-bond acceptors (Lipinski definition) is 3. The van der Waals surface area contributed by atoms with Crippen LogP contribution in [-0.2, 0) is 12.8 Å². The first kappa shape index (κ1) is 12.3. The van der Waals surface area contributed by atoms with Gasteiger partial charge in [0.1, 0.15) is 0 Å². The number of aromatic nitrogens is 2. The highest BCUT2D eigenvalue weighted by atomic mass is 32.1. The molecule has 0 radical (unpaired) electrons. The monoisotopic (exact) mass is 273 g/mol. The molecule has 1 atom stereocenters. The van der Waals surface area contributed by atoms with E-state index in [0.717, 1.165) is 25.0 Å². The van der Waals surface area contributed by atoms with Crippen LogP contribution in [0.2, 0.25) is 0 Å². The lowest BCUT2D eigenvalue weighted by molar-refractivity contribution is 0.0930. The molecule has 1 heterocycles. The van der Waals surface area contributed by atoms with E-state index in [4.69, 9.17) is 0 Å².